The molecule has 21 heavy (non-hydrogen) atoms. The summed E-state index contributed by atoms with van der Waals surface area (Å²) in [5.41, 5.74) is -0.00777. The van der Waals surface area contributed by atoms with E-state index >= 15 is 0 Å². The van der Waals surface area contributed by atoms with Gasteiger partial charge in [-0.1, -0.05) is 71.1 Å². The van der Waals surface area contributed by atoms with Crippen LogP contribution < -0.4 is 5.32 Å². The van der Waals surface area contributed by atoms with Crippen LogP contribution in [0.5, 0.6) is 0 Å². The van der Waals surface area contributed by atoms with E-state index in [-0.39, 0.29) is 5.60 Å². The molecule has 1 N–H and O–H groups in total. The van der Waals surface area contributed by atoms with Crippen LogP contribution in [0.4, 0.5) is 0 Å². The predicted octanol–water partition coefficient (Wildman–Crippen LogP) is 5.70. The summed E-state index contributed by atoms with van der Waals surface area (Å²) in [4.78, 5) is 0. The SMILES string of the molecule is CCCCCCCCCCCCC(CC(C)(C)OC)NC. The highest BCUT2D eigenvalue weighted by molar-refractivity contribution is 4.77. The normalized spacial score (nSPS) is 13.6. The highest BCUT2D eigenvalue weighted by atomic mass is 16.5. The maximum atomic E-state index is 5.53. The zero-order valence-electron chi connectivity index (χ0n) is 15.5. The smallest absolute Gasteiger partial charge is 0.0637 e. The van der Waals surface area contributed by atoms with E-state index in [0.29, 0.717) is 6.04 Å². The Morgan fingerprint density at radius 2 is 1.33 bits per heavy atom. The van der Waals surface area contributed by atoms with Gasteiger partial charge in [0.1, 0.15) is 0 Å². The van der Waals surface area contributed by atoms with E-state index < -0.39 is 0 Å². The van der Waals surface area contributed by atoms with Gasteiger partial charge < -0.3 is 10.1 Å². The van der Waals surface area contributed by atoms with Crippen LogP contribution in [0.3, 0.4) is 0 Å². The summed E-state index contributed by atoms with van der Waals surface area (Å²) in [6, 6.07) is 0.592. The van der Waals surface area contributed by atoms with E-state index in [4.69, 9.17) is 4.74 Å². The Morgan fingerprint density at radius 3 is 1.76 bits per heavy atom. The van der Waals surface area contributed by atoms with Crippen LogP contribution in [-0.2, 0) is 4.74 Å². The lowest BCUT2D eigenvalue weighted by Gasteiger charge is -2.28. The van der Waals surface area contributed by atoms with E-state index in [1.165, 1.54) is 70.6 Å². The molecule has 0 radical (unpaired) electrons. The first kappa shape index (κ1) is 20.9. The van der Waals surface area contributed by atoms with Crippen LogP contribution in [0.2, 0.25) is 0 Å². The van der Waals surface area contributed by atoms with Gasteiger partial charge in [-0.15, -0.1) is 0 Å². The fourth-order valence-electron chi connectivity index (χ4n) is 2.90. The third-order valence-electron chi connectivity index (χ3n) is 4.60. The second kappa shape index (κ2) is 13.6. The molecule has 2 nitrogen and oxygen atoms in total. The standard InChI is InChI=1S/C19H41NO/c1-6-7-8-9-10-11-12-13-14-15-16-18(20-4)17-19(2,3)21-5/h18,20H,6-17H2,1-5H3. The van der Waals surface area contributed by atoms with Crippen molar-refractivity contribution in [1.82, 2.24) is 5.32 Å². The average molecular weight is 300 g/mol. The van der Waals surface area contributed by atoms with E-state index in [9.17, 15) is 0 Å². The third kappa shape index (κ3) is 13.3. The van der Waals surface area contributed by atoms with Gasteiger partial charge in [0.15, 0.2) is 0 Å². The van der Waals surface area contributed by atoms with Crippen molar-refractivity contribution in [2.45, 2.75) is 109 Å². The Balaban J connectivity index is 3.43. The second-order valence-electron chi connectivity index (χ2n) is 7.12. The summed E-state index contributed by atoms with van der Waals surface area (Å²) in [6.07, 6.45) is 16.5. The van der Waals surface area contributed by atoms with Crippen molar-refractivity contribution in [3.8, 4) is 0 Å². The number of unbranched alkanes of at least 4 members (excludes halogenated alkanes) is 9. The highest BCUT2D eigenvalue weighted by Gasteiger charge is 2.21. The molecule has 0 fully saturated rings. The van der Waals surface area contributed by atoms with Gasteiger partial charge in [-0.05, 0) is 33.7 Å². The quantitative estimate of drug-likeness (QED) is 0.392. The molecule has 0 spiro atoms. The number of rotatable bonds is 15. The van der Waals surface area contributed by atoms with Crippen molar-refractivity contribution in [1.29, 1.82) is 0 Å². The molecule has 0 aliphatic carbocycles. The van der Waals surface area contributed by atoms with E-state index in [0.717, 1.165) is 6.42 Å². The molecule has 0 amide bonds. The lowest BCUT2D eigenvalue weighted by atomic mass is 9.94. The van der Waals surface area contributed by atoms with Crippen LogP contribution in [0.15, 0.2) is 0 Å². The topological polar surface area (TPSA) is 21.3 Å². The molecule has 128 valence electrons. The molecule has 0 aromatic rings. The van der Waals surface area contributed by atoms with Gasteiger partial charge in [0.2, 0.25) is 0 Å². The molecule has 0 bridgehead atoms. The van der Waals surface area contributed by atoms with E-state index in [1.807, 2.05) is 7.11 Å². The van der Waals surface area contributed by atoms with Gasteiger partial charge in [-0.2, -0.15) is 0 Å². The summed E-state index contributed by atoms with van der Waals surface area (Å²) >= 11 is 0. The summed E-state index contributed by atoms with van der Waals surface area (Å²) in [6.45, 7) is 6.64. The van der Waals surface area contributed by atoms with Crippen molar-refractivity contribution in [2.24, 2.45) is 0 Å². The Labute approximate surface area is 134 Å². The van der Waals surface area contributed by atoms with Gasteiger partial charge in [0.25, 0.3) is 0 Å². The van der Waals surface area contributed by atoms with Crippen molar-refractivity contribution < 1.29 is 4.74 Å². The molecule has 0 aromatic heterocycles. The van der Waals surface area contributed by atoms with E-state index in [2.05, 4.69) is 33.1 Å². The van der Waals surface area contributed by atoms with Crippen LogP contribution in [0.25, 0.3) is 0 Å². The zero-order valence-corrected chi connectivity index (χ0v) is 15.5. The predicted molar refractivity (Wildman–Crippen MR) is 95.0 cm³/mol. The van der Waals surface area contributed by atoms with Crippen LogP contribution in [0.1, 0.15) is 97.8 Å². The van der Waals surface area contributed by atoms with Crippen molar-refractivity contribution in [3.63, 3.8) is 0 Å². The van der Waals surface area contributed by atoms with Crippen molar-refractivity contribution in [3.05, 3.63) is 0 Å². The molecule has 1 atom stereocenters. The van der Waals surface area contributed by atoms with Crippen LogP contribution in [-0.4, -0.2) is 25.8 Å². The number of hydrogen-bond donors (Lipinski definition) is 1. The largest absolute Gasteiger partial charge is 0.379 e. The molecular formula is C19H41NO. The Kier molecular flexibility index (Phi) is 13.5. The molecule has 0 rings (SSSR count). The number of methoxy groups -OCH3 is 1. The lowest BCUT2D eigenvalue weighted by molar-refractivity contribution is 0.00681. The minimum Gasteiger partial charge on any atom is -0.379 e. The lowest BCUT2D eigenvalue weighted by Crippen LogP contribution is -2.35. The fraction of sp³-hybridized carbons (Fsp3) is 1.00. The molecule has 0 aliphatic rings. The molecule has 0 heterocycles. The van der Waals surface area contributed by atoms with Gasteiger partial charge in [-0.3, -0.25) is 0 Å². The number of hydrogen-bond acceptors (Lipinski definition) is 2. The molecule has 0 aliphatic heterocycles. The van der Waals surface area contributed by atoms with Gasteiger partial charge in [-0.25, -0.2) is 0 Å². The summed E-state index contributed by atoms with van der Waals surface area (Å²) in [5, 5.41) is 3.44. The minimum absolute atomic E-state index is 0.00777. The van der Waals surface area contributed by atoms with Crippen molar-refractivity contribution >= 4 is 0 Å². The van der Waals surface area contributed by atoms with Crippen LogP contribution in [0, 0.1) is 0 Å². The summed E-state index contributed by atoms with van der Waals surface area (Å²) in [7, 11) is 3.89. The monoisotopic (exact) mass is 299 g/mol. The summed E-state index contributed by atoms with van der Waals surface area (Å²) < 4.78 is 5.53. The zero-order chi connectivity index (χ0) is 16.0. The minimum atomic E-state index is -0.00777. The van der Waals surface area contributed by atoms with E-state index in [1.54, 1.807) is 0 Å². The van der Waals surface area contributed by atoms with Crippen LogP contribution >= 0.6 is 0 Å². The number of nitrogens with one attached hydrogen (secondary N) is 1. The molecule has 0 aromatic carbocycles. The Bertz CT molecular complexity index is 216. The highest BCUT2D eigenvalue weighted by Crippen LogP contribution is 2.19. The first-order chi connectivity index (χ1) is 10.1. The first-order valence-electron chi connectivity index (χ1n) is 9.28. The molecule has 1 unspecified atom stereocenters. The average Bonchev–Trinajstić information content (AvgIpc) is 2.47. The molecule has 2 heteroatoms. The molecular weight excluding hydrogens is 258 g/mol. The maximum absolute atomic E-state index is 5.53. The fourth-order valence-corrected chi connectivity index (χ4v) is 2.90. The van der Waals surface area contributed by atoms with Gasteiger partial charge in [0, 0.05) is 13.2 Å². The molecule has 0 saturated carbocycles. The number of ether oxygens (including phenoxy) is 1. The summed E-state index contributed by atoms with van der Waals surface area (Å²) in [5.74, 6) is 0. The third-order valence-corrected chi connectivity index (χ3v) is 4.60. The van der Waals surface area contributed by atoms with Gasteiger partial charge in [0.05, 0.1) is 5.60 Å². The van der Waals surface area contributed by atoms with Gasteiger partial charge >= 0.3 is 0 Å². The Morgan fingerprint density at radius 1 is 0.857 bits per heavy atom. The molecule has 0 saturated heterocycles. The first-order valence-corrected chi connectivity index (χ1v) is 9.28. The van der Waals surface area contributed by atoms with Crippen molar-refractivity contribution in [2.75, 3.05) is 14.2 Å². The second-order valence-corrected chi connectivity index (χ2v) is 7.12. The Hall–Kier alpha value is -0.0800. The maximum Gasteiger partial charge on any atom is 0.0637 e.